The molecule has 0 spiro atoms. The molecule has 1 atom stereocenters. The second-order valence-corrected chi connectivity index (χ2v) is 15.3. The number of carbonyl (C=O) groups excluding carboxylic acids is 2. The highest BCUT2D eigenvalue weighted by atomic mass is 16.6. The van der Waals surface area contributed by atoms with Gasteiger partial charge in [0, 0.05) is 19.4 Å². The molecule has 0 bridgehead atoms. The van der Waals surface area contributed by atoms with E-state index in [1.807, 2.05) is 0 Å². The molecule has 0 saturated carbocycles. The van der Waals surface area contributed by atoms with Crippen molar-refractivity contribution in [2.75, 3.05) is 19.8 Å². The van der Waals surface area contributed by atoms with Gasteiger partial charge in [-0.1, -0.05) is 193 Å². The fourth-order valence-electron chi connectivity index (χ4n) is 6.47. The summed E-state index contributed by atoms with van der Waals surface area (Å²) in [7, 11) is 0. The molecule has 52 heavy (non-hydrogen) atoms. The number of hydrogen-bond acceptors (Lipinski definition) is 5. The van der Waals surface area contributed by atoms with Gasteiger partial charge >= 0.3 is 11.9 Å². The van der Waals surface area contributed by atoms with Crippen molar-refractivity contribution in [1.29, 1.82) is 0 Å². The first-order valence-corrected chi connectivity index (χ1v) is 22.9. The summed E-state index contributed by atoms with van der Waals surface area (Å²) in [6, 6.07) is 0. The first-order chi connectivity index (χ1) is 25.6. The fraction of sp³-hybridized carbons (Fsp3) is 0.872. The number of unbranched alkanes of at least 4 members (excludes halogenated alkanes) is 27. The Balaban J connectivity index is 4.23. The van der Waals surface area contributed by atoms with E-state index in [0.717, 1.165) is 51.4 Å². The maximum atomic E-state index is 12.7. The quantitative estimate of drug-likeness (QED) is 0.0355. The highest BCUT2D eigenvalue weighted by Gasteiger charge is 2.17. The summed E-state index contributed by atoms with van der Waals surface area (Å²) in [4.78, 5) is 25.2. The van der Waals surface area contributed by atoms with Crippen LogP contribution in [0.4, 0.5) is 0 Å². The standard InChI is InChI=1S/C47H88O5/c1-4-7-10-13-16-19-22-24-26-28-31-34-37-40-46(48)51-44-45(43-50-42-39-36-33-30-27-23-20-17-14-11-8-5-2)52-47(49)41-38-35-32-29-25-21-18-15-12-9-6-3/h14-15,17-18,45H,4-13,16,19-44H2,1-3H3/b17-14-,18-15-. The van der Waals surface area contributed by atoms with Crippen LogP contribution >= 0.6 is 0 Å². The van der Waals surface area contributed by atoms with E-state index in [1.54, 1.807) is 0 Å². The minimum absolute atomic E-state index is 0.0850. The van der Waals surface area contributed by atoms with Crippen molar-refractivity contribution in [3.63, 3.8) is 0 Å². The summed E-state index contributed by atoms with van der Waals surface area (Å²) in [5.41, 5.74) is 0. The SMILES string of the molecule is CCCC/C=C\CCCCCCCCOCC(COC(=O)CCCCCCCCCCCCCCC)OC(=O)CCCCCCC/C=C\CCCC. The van der Waals surface area contributed by atoms with Crippen molar-refractivity contribution >= 4 is 11.9 Å². The third-order valence-electron chi connectivity index (χ3n) is 9.96. The molecule has 0 radical (unpaired) electrons. The molecule has 0 aromatic carbocycles. The van der Waals surface area contributed by atoms with Crippen LogP contribution in [0.1, 0.15) is 239 Å². The molecule has 0 aromatic rings. The van der Waals surface area contributed by atoms with Crippen molar-refractivity contribution in [2.45, 2.75) is 245 Å². The molecular weight excluding hydrogens is 645 g/mol. The van der Waals surface area contributed by atoms with E-state index in [-0.39, 0.29) is 25.2 Å². The molecule has 1 unspecified atom stereocenters. The van der Waals surface area contributed by atoms with Gasteiger partial charge in [0.15, 0.2) is 6.10 Å². The smallest absolute Gasteiger partial charge is 0.306 e. The lowest BCUT2D eigenvalue weighted by Crippen LogP contribution is -2.30. The molecule has 0 aliphatic carbocycles. The Kier molecular flexibility index (Phi) is 42.4. The van der Waals surface area contributed by atoms with Gasteiger partial charge in [-0.25, -0.2) is 0 Å². The van der Waals surface area contributed by atoms with Crippen LogP contribution in [0.3, 0.4) is 0 Å². The lowest BCUT2D eigenvalue weighted by molar-refractivity contribution is -0.163. The molecule has 0 aliphatic heterocycles. The van der Waals surface area contributed by atoms with E-state index in [4.69, 9.17) is 14.2 Å². The lowest BCUT2D eigenvalue weighted by atomic mass is 10.0. The van der Waals surface area contributed by atoms with E-state index in [2.05, 4.69) is 45.1 Å². The van der Waals surface area contributed by atoms with E-state index >= 15 is 0 Å². The monoisotopic (exact) mass is 733 g/mol. The number of carbonyl (C=O) groups is 2. The molecule has 5 heteroatoms. The Hall–Kier alpha value is -1.62. The maximum Gasteiger partial charge on any atom is 0.306 e. The molecule has 5 nitrogen and oxygen atoms in total. The Labute approximate surface area is 324 Å². The summed E-state index contributed by atoms with van der Waals surface area (Å²) in [6.07, 6.45) is 48.8. The minimum Gasteiger partial charge on any atom is -0.462 e. The summed E-state index contributed by atoms with van der Waals surface area (Å²) in [5, 5.41) is 0. The van der Waals surface area contributed by atoms with E-state index < -0.39 is 6.10 Å². The zero-order chi connectivity index (χ0) is 37.8. The topological polar surface area (TPSA) is 61.8 Å². The van der Waals surface area contributed by atoms with Gasteiger partial charge in [-0.05, 0) is 57.8 Å². The van der Waals surface area contributed by atoms with Gasteiger partial charge in [0.05, 0.1) is 6.61 Å². The second kappa shape index (κ2) is 43.8. The van der Waals surface area contributed by atoms with Crippen LogP contribution < -0.4 is 0 Å². The Morgan fingerprint density at radius 3 is 1.23 bits per heavy atom. The molecule has 306 valence electrons. The van der Waals surface area contributed by atoms with Crippen LogP contribution in [0.2, 0.25) is 0 Å². The number of rotatable bonds is 42. The molecule has 0 saturated heterocycles. The van der Waals surface area contributed by atoms with Gasteiger partial charge in [0.2, 0.25) is 0 Å². The molecule has 0 aliphatic rings. The summed E-state index contributed by atoms with van der Waals surface area (Å²) < 4.78 is 17.3. The van der Waals surface area contributed by atoms with Gasteiger partial charge in [0.25, 0.3) is 0 Å². The van der Waals surface area contributed by atoms with Crippen molar-refractivity contribution in [3.8, 4) is 0 Å². The maximum absolute atomic E-state index is 12.7. The average molecular weight is 733 g/mol. The summed E-state index contributed by atoms with van der Waals surface area (Å²) in [5.74, 6) is -0.402. The fourth-order valence-corrected chi connectivity index (χ4v) is 6.47. The zero-order valence-electron chi connectivity index (χ0n) is 35.1. The summed E-state index contributed by atoms with van der Waals surface area (Å²) >= 11 is 0. The van der Waals surface area contributed by atoms with Crippen LogP contribution in [0.25, 0.3) is 0 Å². The number of ether oxygens (including phenoxy) is 3. The van der Waals surface area contributed by atoms with Crippen molar-refractivity contribution in [2.24, 2.45) is 0 Å². The number of allylic oxidation sites excluding steroid dienone is 4. The minimum atomic E-state index is -0.534. The van der Waals surface area contributed by atoms with Crippen molar-refractivity contribution in [3.05, 3.63) is 24.3 Å². The predicted octanol–water partition coefficient (Wildman–Crippen LogP) is 14.9. The Morgan fingerprint density at radius 2 is 0.769 bits per heavy atom. The van der Waals surface area contributed by atoms with Crippen LogP contribution in [-0.2, 0) is 23.8 Å². The highest BCUT2D eigenvalue weighted by molar-refractivity contribution is 5.70. The summed E-state index contributed by atoms with van der Waals surface area (Å²) in [6.45, 7) is 7.76. The molecule has 0 aromatic heterocycles. The van der Waals surface area contributed by atoms with Crippen LogP contribution in [-0.4, -0.2) is 37.9 Å². The molecular formula is C47H88O5. The largest absolute Gasteiger partial charge is 0.462 e. The van der Waals surface area contributed by atoms with Crippen molar-refractivity contribution in [1.82, 2.24) is 0 Å². The number of hydrogen-bond donors (Lipinski definition) is 0. The molecule has 0 fully saturated rings. The molecule has 0 rings (SSSR count). The van der Waals surface area contributed by atoms with E-state index in [0.29, 0.717) is 19.4 Å². The Morgan fingerprint density at radius 1 is 0.404 bits per heavy atom. The third-order valence-corrected chi connectivity index (χ3v) is 9.96. The van der Waals surface area contributed by atoms with Crippen molar-refractivity contribution < 1.29 is 23.8 Å². The normalized spacial score (nSPS) is 12.3. The second-order valence-electron chi connectivity index (χ2n) is 15.3. The van der Waals surface area contributed by atoms with Crippen LogP contribution in [0.15, 0.2) is 24.3 Å². The molecule has 0 N–H and O–H groups in total. The Bertz CT molecular complexity index is 791. The van der Waals surface area contributed by atoms with Gasteiger partial charge < -0.3 is 14.2 Å². The van der Waals surface area contributed by atoms with E-state index in [9.17, 15) is 9.59 Å². The average Bonchev–Trinajstić information content (AvgIpc) is 3.14. The highest BCUT2D eigenvalue weighted by Crippen LogP contribution is 2.14. The predicted molar refractivity (Wildman–Crippen MR) is 224 cm³/mol. The van der Waals surface area contributed by atoms with E-state index in [1.165, 1.54) is 154 Å². The lowest BCUT2D eigenvalue weighted by Gasteiger charge is -2.18. The van der Waals surface area contributed by atoms with Crippen LogP contribution in [0, 0.1) is 0 Å². The zero-order valence-corrected chi connectivity index (χ0v) is 35.1. The van der Waals surface area contributed by atoms with Gasteiger partial charge in [-0.2, -0.15) is 0 Å². The van der Waals surface area contributed by atoms with Gasteiger partial charge in [-0.15, -0.1) is 0 Å². The molecule has 0 heterocycles. The van der Waals surface area contributed by atoms with Gasteiger partial charge in [-0.3, -0.25) is 9.59 Å². The first kappa shape index (κ1) is 50.4. The molecule has 0 amide bonds. The first-order valence-electron chi connectivity index (χ1n) is 22.9. The van der Waals surface area contributed by atoms with Crippen LogP contribution in [0.5, 0.6) is 0 Å². The van der Waals surface area contributed by atoms with Gasteiger partial charge in [0.1, 0.15) is 6.61 Å². The number of esters is 2. The third kappa shape index (κ3) is 41.1.